The Labute approximate surface area is 126 Å². The molecule has 2 aromatic rings. The molecule has 0 N–H and O–H groups in total. The van der Waals surface area contributed by atoms with E-state index in [9.17, 15) is 4.79 Å². The van der Waals surface area contributed by atoms with E-state index in [0.29, 0.717) is 6.42 Å². The number of hydrogen-bond donors (Lipinski definition) is 1. The normalized spacial score (nSPS) is 10.7. The predicted octanol–water partition coefficient (Wildman–Crippen LogP) is 3.29. The summed E-state index contributed by atoms with van der Waals surface area (Å²) in [6, 6.07) is 7.99. The quantitative estimate of drug-likeness (QED) is 0.868. The van der Waals surface area contributed by atoms with Gasteiger partial charge in [0.1, 0.15) is 5.78 Å². The Morgan fingerprint density at radius 1 is 1.37 bits per heavy atom. The van der Waals surface area contributed by atoms with Gasteiger partial charge in [0.15, 0.2) is 0 Å². The first-order valence-corrected chi connectivity index (χ1v) is 7.39. The molecule has 0 aliphatic carbocycles. The zero-order valence-electron chi connectivity index (χ0n) is 10.9. The molecule has 0 radical (unpaired) electrons. The number of ketones is 1. The number of aromatic nitrogens is 2. The number of halogens is 1. The van der Waals surface area contributed by atoms with Gasteiger partial charge in [-0.25, -0.2) is 4.68 Å². The smallest absolute Gasteiger partial charge is 0.148 e. The maximum Gasteiger partial charge on any atom is 0.148 e. The molecule has 0 atom stereocenters. The van der Waals surface area contributed by atoms with Crippen molar-refractivity contribution >= 4 is 34.3 Å². The second kappa shape index (κ2) is 5.92. The van der Waals surface area contributed by atoms with Crippen LogP contribution in [0.3, 0.4) is 0 Å². The van der Waals surface area contributed by atoms with E-state index in [-0.39, 0.29) is 11.5 Å². The highest BCUT2D eigenvalue weighted by Gasteiger charge is 2.17. The standard InChI is InChI=1S/C14H15BrN2OS/c1-9-5-3-4-6-12(9)17-13(7-11(18)8-19)14(15)10(2)16-17/h3-6,19H,7-8H2,1-2H3. The number of hydrogen-bond acceptors (Lipinski definition) is 3. The van der Waals surface area contributed by atoms with Crippen LogP contribution in [0, 0.1) is 13.8 Å². The van der Waals surface area contributed by atoms with Gasteiger partial charge in [-0.15, -0.1) is 0 Å². The van der Waals surface area contributed by atoms with Gasteiger partial charge in [-0.3, -0.25) is 4.79 Å². The molecule has 0 saturated heterocycles. The van der Waals surface area contributed by atoms with Crippen molar-refractivity contribution in [3.8, 4) is 5.69 Å². The molecular weight excluding hydrogens is 324 g/mol. The molecule has 0 spiro atoms. The minimum absolute atomic E-state index is 0.0822. The summed E-state index contributed by atoms with van der Waals surface area (Å²) in [6.45, 7) is 3.96. The molecule has 0 aliphatic heterocycles. The molecule has 0 fully saturated rings. The first-order chi connectivity index (χ1) is 9.04. The highest BCUT2D eigenvalue weighted by Crippen LogP contribution is 2.26. The molecular formula is C14H15BrN2OS. The van der Waals surface area contributed by atoms with E-state index >= 15 is 0 Å². The second-order valence-corrected chi connectivity index (χ2v) is 5.53. The lowest BCUT2D eigenvalue weighted by Gasteiger charge is -2.09. The number of nitrogens with zero attached hydrogens (tertiary/aromatic N) is 2. The van der Waals surface area contributed by atoms with Gasteiger partial charge >= 0.3 is 0 Å². The fourth-order valence-electron chi connectivity index (χ4n) is 1.95. The topological polar surface area (TPSA) is 34.9 Å². The summed E-state index contributed by atoms with van der Waals surface area (Å²) in [5.41, 5.74) is 3.88. The van der Waals surface area contributed by atoms with Crippen molar-refractivity contribution in [3.05, 3.63) is 45.7 Å². The van der Waals surface area contributed by atoms with Crippen LogP contribution in [0.15, 0.2) is 28.7 Å². The second-order valence-electron chi connectivity index (χ2n) is 4.42. The summed E-state index contributed by atoms with van der Waals surface area (Å²) in [7, 11) is 0. The number of thiol groups is 1. The van der Waals surface area contributed by atoms with E-state index < -0.39 is 0 Å². The van der Waals surface area contributed by atoms with E-state index in [0.717, 1.165) is 27.1 Å². The summed E-state index contributed by atoms with van der Waals surface area (Å²) in [6.07, 6.45) is 0.333. The Morgan fingerprint density at radius 3 is 2.68 bits per heavy atom. The highest BCUT2D eigenvalue weighted by molar-refractivity contribution is 9.10. The molecule has 100 valence electrons. The van der Waals surface area contributed by atoms with Gasteiger partial charge in [-0.05, 0) is 41.4 Å². The molecule has 1 heterocycles. The van der Waals surface area contributed by atoms with Crippen LogP contribution in [0.1, 0.15) is 17.0 Å². The zero-order valence-corrected chi connectivity index (χ0v) is 13.3. The van der Waals surface area contributed by atoms with Crippen molar-refractivity contribution in [2.75, 3.05) is 5.75 Å². The minimum atomic E-state index is 0.0822. The lowest BCUT2D eigenvalue weighted by molar-refractivity contribution is -0.116. The summed E-state index contributed by atoms with van der Waals surface area (Å²) < 4.78 is 2.74. The van der Waals surface area contributed by atoms with Crippen molar-refractivity contribution in [3.63, 3.8) is 0 Å². The van der Waals surface area contributed by atoms with Crippen LogP contribution in [0.4, 0.5) is 0 Å². The molecule has 0 aliphatic rings. The van der Waals surface area contributed by atoms with E-state index in [1.54, 1.807) is 0 Å². The van der Waals surface area contributed by atoms with Crippen LogP contribution in [0.5, 0.6) is 0 Å². The van der Waals surface area contributed by atoms with Crippen molar-refractivity contribution in [1.29, 1.82) is 0 Å². The Morgan fingerprint density at radius 2 is 2.05 bits per heavy atom. The van der Waals surface area contributed by atoms with Crippen LogP contribution < -0.4 is 0 Å². The van der Waals surface area contributed by atoms with Gasteiger partial charge in [0.25, 0.3) is 0 Å². The van der Waals surface area contributed by atoms with Crippen LogP contribution in [-0.2, 0) is 11.2 Å². The van der Waals surface area contributed by atoms with Gasteiger partial charge in [0.2, 0.25) is 0 Å². The van der Waals surface area contributed by atoms with E-state index in [1.165, 1.54) is 0 Å². The van der Waals surface area contributed by atoms with Crippen molar-refractivity contribution in [1.82, 2.24) is 9.78 Å². The SMILES string of the molecule is Cc1ccccc1-n1nc(C)c(Br)c1CC(=O)CS. The average Bonchev–Trinajstić information content (AvgIpc) is 2.67. The van der Waals surface area contributed by atoms with Crippen LogP contribution >= 0.6 is 28.6 Å². The summed E-state index contributed by atoms with van der Waals surface area (Å²) >= 11 is 7.55. The van der Waals surface area contributed by atoms with Crippen molar-refractivity contribution < 1.29 is 4.79 Å². The molecule has 19 heavy (non-hydrogen) atoms. The summed E-state index contributed by atoms with van der Waals surface area (Å²) in [5, 5.41) is 4.52. The van der Waals surface area contributed by atoms with E-state index in [1.807, 2.05) is 42.8 Å². The van der Waals surface area contributed by atoms with Crippen LogP contribution in [0.2, 0.25) is 0 Å². The lowest BCUT2D eigenvalue weighted by Crippen LogP contribution is -2.11. The summed E-state index contributed by atoms with van der Waals surface area (Å²) in [4.78, 5) is 11.7. The number of rotatable bonds is 4. The van der Waals surface area contributed by atoms with E-state index in [4.69, 9.17) is 0 Å². The number of Topliss-reactive ketones (excluding diaryl/α,β-unsaturated/α-hetero) is 1. The summed E-state index contributed by atoms with van der Waals surface area (Å²) in [5.74, 6) is 0.323. The Kier molecular flexibility index (Phi) is 4.47. The maximum absolute atomic E-state index is 11.7. The molecule has 5 heteroatoms. The molecule has 0 bridgehead atoms. The van der Waals surface area contributed by atoms with Gasteiger partial charge in [-0.2, -0.15) is 17.7 Å². The number of aryl methyl sites for hydroxylation is 2. The third-order valence-electron chi connectivity index (χ3n) is 2.96. The van der Waals surface area contributed by atoms with Crippen molar-refractivity contribution in [2.24, 2.45) is 0 Å². The fourth-order valence-corrected chi connectivity index (χ4v) is 2.45. The molecule has 0 unspecified atom stereocenters. The first kappa shape index (κ1) is 14.3. The minimum Gasteiger partial charge on any atom is -0.298 e. The van der Waals surface area contributed by atoms with E-state index in [2.05, 4.69) is 33.7 Å². The molecule has 0 saturated carbocycles. The Balaban J connectivity index is 2.55. The fraction of sp³-hybridized carbons (Fsp3) is 0.286. The molecule has 1 aromatic heterocycles. The predicted molar refractivity (Wildman–Crippen MR) is 83.3 cm³/mol. The van der Waals surface area contributed by atoms with Crippen molar-refractivity contribution in [2.45, 2.75) is 20.3 Å². The van der Waals surface area contributed by atoms with Crippen LogP contribution in [-0.4, -0.2) is 21.3 Å². The van der Waals surface area contributed by atoms with Gasteiger partial charge in [-0.1, -0.05) is 18.2 Å². The Hall–Kier alpha value is -1.07. The number of benzene rings is 1. The third kappa shape index (κ3) is 2.92. The molecule has 3 nitrogen and oxygen atoms in total. The average molecular weight is 339 g/mol. The van der Waals surface area contributed by atoms with Gasteiger partial charge in [0, 0.05) is 5.75 Å². The van der Waals surface area contributed by atoms with Gasteiger partial charge in [0.05, 0.1) is 28.0 Å². The molecule has 2 rings (SSSR count). The Bertz CT molecular complexity index is 622. The van der Waals surface area contributed by atoms with Gasteiger partial charge < -0.3 is 0 Å². The zero-order chi connectivity index (χ0) is 14.0. The van der Waals surface area contributed by atoms with Crippen LogP contribution in [0.25, 0.3) is 5.69 Å². The first-order valence-electron chi connectivity index (χ1n) is 5.97. The third-order valence-corrected chi connectivity index (χ3v) is 4.35. The monoisotopic (exact) mass is 338 g/mol. The largest absolute Gasteiger partial charge is 0.298 e. The molecule has 0 amide bonds. The number of carbonyl (C=O) groups excluding carboxylic acids is 1. The highest BCUT2D eigenvalue weighted by atomic mass is 79.9. The molecule has 1 aromatic carbocycles. The number of carbonyl (C=O) groups is 1. The maximum atomic E-state index is 11.7. The number of para-hydroxylation sites is 1. The lowest BCUT2D eigenvalue weighted by atomic mass is 10.2.